The van der Waals surface area contributed by atoms with Gasteiger partial charge in [-0.25, -0.2) is 4.79 Å². The smallest absolute Gasteiger partial charge is 0.335 e. The average molecular weight is 327 g/mol. The van der Waals surface area contributed by atoms with Gasteiger partial charge in [0.25, 0.3) is 0 Å². The Labute approximate surface area is 119 Å². The minimum Gasteiger partial charge on any atom is -0.478 e. The molecule has 1 fully saturated rings. The van der Waals surface area contributed by atoms with Gasteiger partial charge in [-0.1, -0.05) is 0 Å². The molecular formula is C13H15BrN2O3. The van der Waals surface area contributed by atoms with Gasteiger partial charge in [-0.2, -0.15) is 0 Å². The zero-order chi connectivity index (χ0) is 14.2. The maximum absolute atomic E-state index is 11.9. The molecule has 0 aromatic heterocycles. The summed E-state index contributed by atoms with van der Waals surface area (Å²) >= 11 is 3.39. The van der Waals surface area contributed by atoms with Crippen LogP contribution in [-0.4, -0.2) is 35.6 Å². The Bertz CT molecular complexity index is 543. The number of nitrogens with one attached hydrogen (secondary N) is 1. The van der Waals surface area contributed by atoms with Crippen LogP contribution >= 0.6 is 15.9 Å². The zero-order valence-electron chi connectivity index (χ0n) is 10.7. The molecule has 1 heterocycles. The average Bonchev–Trinajstić information content (AvgIpc) is 2.33. The van der Waals surface area contributed by atoms with Gasteiger partial charge in [-0.05, 0) is 48.0 Å². The summed E-state index contributed by atoms with van der Waals surface area (Å²) in [7, 11) is 0. The van der Waals surface area contributed by atoms with Gasteiger partial charge in [0.05, 0.1) is 11.3 Å². The van der Waals surface area contributed by atoms with Crippen LogP contribution in [0.2, 0.25) is 0 Å². The van der Waals surface area contributed by atoms with Crippen LogP contribution in [0.4, 0.5) is 5.69 Å². The van der Waals surface area contributed by atoms with E-state index in [9.17, 15) is 9.59 Å². The fourth-order valence-corrected chi connectivity index (χ4v) is 2.77. The Kier molecular flexibility index (Phi) is 3.54. The highest BCUT2D eigenvalue weighted by Gasteiger charge is 2.38. The number of amides is 1. The molecule has 1 aliphatic heterocycles. The first-order valence-electron chi connectivity index (χ1n) is 5.93. The molecule has 0 saturated carbocycles. The van der Waals surface area contributed by atoms with Gasteiger partial charge in [0.15, 0.2) is 0 Å². The van der Waals surface area contributed by atoms with Crippen molar-refractivity contribution < 1.29 is 14.7 Å². The number of aromatic carboxylic acids is 1. The Balaban J connectivity index is 2.41. The molecule has 1 amide bonds. The monoisotopic (exact) mass is 326 g/mol. The van der Waals surface area contributed by atoms with E-state index in [1.807, 2.05) is 18.7 Å². The summed E-state index contributed by atoms with van der Waals surface area (Å²) in [6.45, 7) is 4.96. The highest BCUT2D eigenvalue weighted by Crippen LogP contribution is 2.33. The summed E-state index contributed by atoms with van der Waals surface area (Å²) in [5.74, 6) is -1.00. The number of hydrogen-bond donors (Lipinski definition) is 2. The minimum absolute atomic E-state index is 0.0343. The SMILES string of the molecule is CC1(C)C(=O)NCCN1c1ccc(C(=O)O)cc1Br. The normalized spacial score (nSPS) is 18.1. The Hall–Kier alpha value is -1.56. The second-order valence-electron chi connectivity index (χ2n) is 4.94. The lowest BCUT2D eigenvalue weighted by Gasteiger charge is -2.43. The molecule has 1 aromatic carbocycles. The second-order valence-corrected chi connectivity index (χ2v) is 5.79. The molecule has 102 valence electrons. The Morgan fingerprint density at radius 3 is 2.74 bits per heavy atom. The van der Waals surface area contributed by atoms with Gasteiger partial charge in [0.1, 0.15) is 5.54 Å². The van der Waals surface area contributed by atoms with Gasteiger partial charge in [-0.15, -0.1) is 0 Å². The van der Waals surface area contributed by atoms with E-state index in [1.54, 1.807) is 18.2 Å². The molecule has 0 bridgehead atoms. The van der Waals surface area contributed by atoms with E-state index in [0.29, 0.717) is 17.6 Å². The fourth-order valence-electron chi connectivity index (χ4n) is 2.18. The molecular weight excluding hydrogens is 312 g/mol. The Morgan fingerprint density at radius 2 is 2.16 bits per heavy atom. The molecule has 0 aliphatic carbocycles. The zero-order valence-corrected chi connectivity index (χ0v) is 12.3. The molecule has 0 radical (unpaired) electrons. The first-order chi connectivity index (χ1) is 8.84. The lowest BCUT2D eigenvalue weighted by molar-refractivity contribution is -0.126. The standard InChI is InChI=1S/C13H15BrN2O3/c1-13(2)12(19)15-5-6-16(13)10-4-3-8(11(17)18)7-9(10)14/h3-4,7H,5-6H2,1-2H3,(H,15,19)(H,17,18). The number of anilines is 1. The van der Waals surface area contributed by atoms with Crippen LogP contribution in [0.3, 0.4) is 0 Å². The molecule has 5 nitrogen and oxygen atoms in total. The summed E-state index contributed by atoms with van der Waals surface area (Å²) < 4.78 is 0.676. The van der Waals surface area contributed by atoms with Gasteiger partial charge in [-0.3, -0.25) is 4.79 Å². The summed E-state index contributed by atoms with van der Waals surface area (Å²) in [4.78, 5) is 24.8. The summed E-state index contributed by atoms with van der Waals surface area (Å²) in [5, 5.41) is 11.8. The van der Waals surface area contributed by atoms with Crippen molar-refractivity contribution in [2.24, 2.45) is 0 Å². The number of carboxylic acid groups (broad SMARTS) is 1. The van der Waals surface area contributed by atoms with Crippen molar-refractivity contribution in [1.82, 2.24) is 5.32 Å². The molecule has 0 atom stereocenters. The maximum Gasteiger partial charge on any atom is 0.335 e. The first kappa shape index (κ1) is 13.9. The van der Waals surface area contributed by atoms with Crippen LogP contribution in [-0.2, 0) is 4.79 Å². The highest BCUT2D eigenvalue weighted by molar-refractivity contribution is 9.10. The number of halogens is 1. The number of piperazine rings is 1. The lowest BCUT2D eigenvalue weighted by Crippen LogP contribution is -2.62. The lowest BCUT2D eigenvalue weighted by atomic mass is 9.97. The van der Waals surface area contributed by atoms with Crippen molar-refractivity contribution in [3.63, 3.8) is 0 Å². The molecule has 0 spiro atoms. The third-order valence-corrected chi connectivity index (χ3v) is 3.97. The first-order valence-corrected chi connectivity index (χ1v) is 6.72. The predicted octanol–water partition coefficient (Wildman–Crippen LogP) is 1.86. The number of nitrogens with zero attached hydrogens (tertiary/aromatic N) is 1. The Morgan fingerprint density at radius 1 is 1.47 bits per heavy atom. The topological polar surface area (TPSA) is 69.6 Å². The van der Waals surface area contributed by atoms with Crippen molar-refractivity contribution in [2.75, 3.05) is 18.0 Å². The number of hydrogen-bond acceptors (Lipinski definition) is 3. The summed E-state index contributed by atoms with van der Waals surface area (Å²) in [6.07, 6.45) is 0. The van der Waals surface area contributed by atoms with Crippen molar-refractivity contribution >= 4 is 33.5 Å². The largest absolute Gasteiger partial charge is 0.478 e. The number of carboxylic acids is 1. The van der Waals surface area contributed by atoms with E-state index in [1.165, 1.54) is 0 Å². The molecule has 19 heavy (non-hydrogen) atoms. The van der Waals surface area contributed by atoms with Crippen molar-refractivity contribution in [3.8, 4) is 0 Å². The summed E-state index contributed by atoms with van der Waals surface area (Å²) in [5.41, 5.74) is 0.380. The van der Waals surface area contributed by atoms with E-state index in [-0.39, 0.29) is 11.5 Å². The van der Waals surface area contributed by atoms with Crippen LogP contribution in [0.5, 0.6) is 0 Å². The number of carbonyl (C=O) groups excluding carboxylic acids is 1. The van der Waals surface area contributed by atoms with Crippen LogP contribution in [0.1, 0.15) is 24.2 Å². The predicted molar refractivity (Wildman–Crippen MR) is 75.5 cm³/mol. The quantitative estimate of drug-likeness (QED) is 0.870. The van der Waals surface area contributed by atoms with E-state index in [2.05, 4.69) is 21.2 Å². The van der Waals surface area contributed by atoms with Crippen molar-refractivity contribution in [3.05, 3.63) is 28.2 Å². The minimum atomic E-state index is -0.970. The highest BCUT2D eigenvalue weighted by atomic mass is 79.9. The van der Waals surface area contributed by atoms with Crippen LogP contribution in [0.15, 0.2) is 22.7 Å². The molecule has 1 aromatic rings. The van der Waals surface area contributed by atoms with Crippen LogP contribution in [0.25, 0.3) is 0 Å². The molecule has 1 aliphatic rings. The van der Waals surface area contributed by atoms with Crippen LogP contribution in [0, 0.1) is 0 Å². The van der Waals surface area contributed by atoms with Crippen molar-refractivity contribution in [1.29, 1.82) is 0 Å². The fraction of sp³-hybridized carbons (Fsp3) is 0.385. The molecule has 2 rings (SSSR count). The van der Waals surface area contributed by atoms with Crippen molar-refractivity contribution in [2.45, 2.75) is 19.4 Å². The third kappa shape index (κ3) is 2.45. The second kappa shape index (κ2) is 4.85. The van der Waals surface area contributed by atoms with E-state index in [0.717, 1.165) is 5.69 Å². The summed E-state index contributed by atoms with van der Waals surface area (Å²) in [6, 6.07) is 4.83. The van der Waals surface area contributed by atoms with E-state index in [4.69, 9.17) is 5.11 Å². The van der Waals surface area contributed by atoms with E-state index >= 15 is 0 Å². The van der Waals surface area contributed by atoms with Gasteiger partial charge in [0.2, 0.25) is 5.91 Å². The molecule has 0 unspecified atom stereocenters. The molecule has 6 heteroatoms. The van der Waals surface area contributed by atoms with Gasteiger partial charge in [0, 0.05) is 17.6 Å². The van der Waals surface area contributed by atoms with Gasteiger partial charge >= 0.3 is 5.97 Å². The molecule has 1 saturated heterocycles. The van der Waals surface area contributed by atoms with E-state index < -0.39 is 11.5 Å². The maximum atomic E-state index is 11.9. The third-order valence-electron chi connectivity index (χ3n) is 3.34. The van der Waals surface area contributed by atoms with Crippen LogP contribution < -0.4 is 10.2 Å². The molecule has 2 N–H and O–H groups in total. The number of carbonyl (C=O) groups is 2. The number of benzene rings is 1. The number of rotatable bonds is 2. The van der Waals surface area contributed by atoms with Gasteiger partial charge < -0.3 is 15.3 Å².